The highest BCUT2D eigenvalue weighted by atomic mass is 32.2. The molecule has 0 fully saturated rings. The first-order valence-corrected chi connectivity index (χ1v) is 12.6. The van der Waals surface area contributed by atoms with E-state index in [0.717, 1.165) is 18.2 Å². The van der Waals surface area contributed by atoms with E-state index in [9.17, 15) is 26.4 Å². The van der Waals surface area contributed by atoms with Gasteiger partial charge in [-0.05, 0) is 67.4 Å². The van der Waals surface area contributed by atoms with E-state index in [4.69, 9.17) is 9.44 Å². The normalized spacial score (nSPS) is 12.3. The summed E-state index contributed by atoms with van der Waals surface area (Å²) in [7, 11) is -4.55. The maximum Gasteiger partial charge on any atom is 0.416 e. The molecule has 7 nitrogen and oxygen atoms in total. The molecule has 1 N–H and O–H groups in total. The number of nitriles is 1. The Hall–Kier alpha value is -4.04. The van der Waals surface area contributed by atoms with Gasteiger partial charge in [0, 0.05) is 18.3 Å². The van der Waals surface area contributed by atoms with E-state index in [2.05, 4.69) is 5.32 Å². The molecule has 0 heterocycles. The summed E-state index contributed by atoms with van der Waals surface area (Å²) in [6.07, 6.45) is -4.08. The number of halogens is 3. The van der Waals surface area contributed by atoms with Crippen LogP contribution in [0.5, 0.6) is 5.75 Å². The average Bonchev–Trinajstić information content (AvgIpc) is 2.86. The zero-order valence-corrected chi connectivity index (χ0v) is 20.8. The Morgan fingerprint density at radius 1 is 1.08 bits per heavy atom. The second kappa shape index (κ2) is 11.3. The second-order valence-corrected chi connectivity index (χ2v) is 9.76. The number of nitrogens with one attached hydrogen (secondary N) is 1. The number of nitrogens with zero attached hydrogens (tertiary/aromatic N) is 2. The van der Waals surface area contributed by atoms with Gasteiger partial charge >= 0.3 is 22.3 Å². The highest BCUT2D eigenvalue weighted by Gasteiger charge is 2.32. The molecule has 1 unspecified atom stereocenters. The van der Waals surface area contributed by atoms with E-state index < -0.39 is 32.8 Å². The lowest BCUT2D eigenvalue weighted by molar-refractivity contribution is -0.137. The molecular formula is C26H24F3N3O4S. The van der Waals surface area contributed by atoms with Gasteiger partial charge in [0.1, 0.15) is 10.6 Å². The second-order valence-electron chi connectivity index (χ2n) is 8.22. The molecule has 0 aliphatic heterocycles. The summed E-state index contributed by atoms with van der Waals surface area (Å²) < 4.78 is 69.4. The number of anilines is 1. The van der Waals surface area contributed by atoms with Gasteiger partial charge < -0.3 is 14.4 Å². The summed E-state index contributed by atoms with van der Waals surface area (Å²) >= 11 is 0. The van der Waals surface area contributed by atoms with E-state index in [1.807, 2.05) is 19.9 Å². The third-order valence-electron chi connectivity index (χ3n) is 5.53. The predicted molar refractivity (Wildman–Crippen MR) is 131 cm³/mol. The maximum absolute atomic E-state index is 13.0. The standard InChI is InChI=1S/C26H24F3N3O4S/c1-3-18(2)32(25(33)31-22-10-4-7-19(13-22)16-30)17-20-8-5-11-23(14-20)36-37(34,35)24-12-6-9-21(15-24)26(27,28)29/h4-15,18H,3,17H2,1-2H3,(H,31,33). The van der Waals surface area contributed by atoms with Gasteiger partial charge in [-0.15, -0.1) is 0 Å². The largest absolute Gasteiger partial charge is 0.416 e. The van der Waals surface area contributed by atoms with Gasteiger partial charge in [0.25, 0.3) is 0 Å². The van der Waals surface area contributed by atoms with Crippen LogP contribution in [0, 0.1) is 11.3 Å². The fourth-order valence-corrected chi connectivity index (χ4v) is 4.37. The fourth-order valence-electron chi connectivity index (χ4n) is 3.41. The van der Waals surface area contributed by atoms with Gasteiger partial charge in [-0.3, -0.25) is 0 Å². The molecule has 3 aromatic rings. The van der Waals surface area contributed by atoms with Crippen LogP contribution in [0.25, 0.3) is 0 Å². The first kappa shape index (κ1) is 27.5. The topological polar surface area (TPSA) is 99.5 Å². The fraction of sp³-hybridized carbons (Fsp3) is 0.231. The van der Waals surface area contributed by atoms with Crippen LogP contribution in [0.4, 0.5) is 23.7 Å². The number of rotatable bonds is 8. The lowest BCUT2D eigenvalue weighted by Gasteiger charge is -2.29. The molecule has 0 saturated carbocycles. The van der Waals surface area contributed by atoms with E-state index in [1.54, 1.807) is 35.2 Å². The van der Waals surface area contributed by atoms with Crippen molar-refractivity contribution in [1.82, 2.24) is 4.90 Å². The van der Waals surface area contributed by atoms with Crippen molar-refractivity contribution in [3.63, 3.8) is 0 Å². The van der Waals surface area contributed by atoms with Crippen LogP contribution < -0.4 is 9.50 Å². The van der Waals surface area contributed by atoms with E-state index in [0.29, 0.717) is 29.3 Å². The summed E-state index contributed by atoms with van der Waals surface area (Å²) in [4.78, 5) is 14.0. The van der Waals surface area contributed by atoms with Gasteiger partial charge in [0.05, 0.1) is 17.2 Å². The monoisotopic (exact) mass is 531 g/mol. The van der Waals surface area contributed by atoms with Crippen molar-refractivity contribution in [2.45, 2.75) is 43.9 Å². The Kier molecular flexibility index (Phi) is 8.45. The van der Waals surface area contributed by atoms with Gasteiger partial charge in [-0.25, -0.2) is 4.79 Å². The first-order chi connectivity index (χ1) is 17.4. The van der Waals surface area contributed by atoms with E-state index in [1.165, 1.54) is 18.2 Å². The number of urea groups is 1. The molecule has 0 aliphatic rings. The van der Waals surface area contributed by atoms with Gasteiger partial charge in [-0.2, -0.15) is 26.9 Å². The molecule has 0 radical (unpaired) electrons. The molecule has 194 valence electrons. The van der Waals surface area contributed by atoms with Crippen molar-refractivity contribution < 1.29 is 30.6 Å². The van der Waals surface area contributed by atoms with Crippen molar-refractivity contribution in [2.24, 2.45) is 0 Å². The number of benzene rings is 3. The zero-order chi connectivity index (χ0) is 27.2. The molecule has 0 aromatic heterocycles. The number of alkyl halides is 3. The van der Waals surface area contributed by atoms with Crippen LogP contribution in [0.15, 0.2) is 77.7 Å². The summed E-state index contributed by atoms with van der Waals surface area (Å²) in [5.74, 6) is -0.110. The molecule has 2 amide bonds. The predicted octanol–water partition coefficient (Wildman–Crippen LogP) is 6.18. The molecule has 3 aromatic carbocycles. The quantitative estimate of drug-likeness (QED) is 0.350. The van der Waals surface area contributed by atoms with Crippen LogP contribution in [0.3, 0.4) is 0 Å². The molecule has 0 saturated heterocycles. The van der Waals surface area contributed by atoms with Gasteiger partial charge in [0.2, 0.25) is 0 Å². The van der Waals surface area contributed by atoms with Gasteiger partial charge in [0.15, 0.2) is 0 Å². The minimum atomic E-state index is -4.71. The molecular weight excluding hydrogens is 507 g/mol. The van der Waals surface area contributed by atoms with Crippen molar-refractivity contribution in [3.05, 3.63) is 89.5 Å². The SMILES string of the molecule is CCC(C)N(Cc1cccc(OS(=O)(=O)c2cccc(C(F)(F)F)c2)c1)C(=O)Nc1cccc(C#N)c1. The van der Waals surface area contributed by atoms with E-state index >= 15 is 0 Å². The van der Waals surface area contributed by atoms with Crippen LogP contribution in [0.2, 0.25) is 0 Å². The Morgan fingerprint density at radius 2 is 1.78 bits per heavy atom. The molecule has 0 spiro atoms. The Morgan fingerprint density at radius 3 is 2.46 bits per heavy atom. The third kappa shape index (κ3) is 7.24. The smallest absolute Gasteiger partial charge is 0.379 e. The third-order valence-corrected chi connectivity index (χ3v) is 6.78. The summed E-state index contributed by atoms with van der Waals surface area (Å²) in [5.41, 5.74) is 0.265. The number of amides is 2. The number of carbonyl (C=O) groups is 1. The van der Waals surface area contributed by atoms with Crippen LogP contribution in [0.1, 0.15) is 37.0 Å². The zero-order valence-electron chi connectivity index (χ0n) is 20.0. The molecule has 11 heteroatoms. The van der Waals surface area contributed by atoms with Gasteiger partial charge in [-0.1, -0.05) is 31.2 Å². The summed E-state index contributed by atoms with van der Waals surface area (Å²) in [6.45, 7) is 3.85. The molecule has 0 aliphatic carbocycles. The average molecular weight is 532 g/mol. The first-order valence-electron chi connectivity index (χ1n) is 11.2. The van der Waals surface area contributed by atoms with Crippen LogP contribution >= 0.6 is 0 Å². The minimum Gasteiger partial charge on any atom is -0.379 e. The Balaban J connectivity index is 1.80. The van der Waals surface area contributed by atoms with Crippen LogP contribution in [-0.4, -0.2) is 25.4 Å². The van der Waals surface area contributed by atoms with E-state index in [-0.39, 0.29) is 18.3 Å². The van der Waals surface area contributed by atoms with Crippen LogP contribution in [-0.2, 0) is 22.8 Å². The summed E-state index contributed by atoms with van der Waals surface area (Å²) in [6, 6.07) is 17.1. The minimum absolute atomic E-state index is 0.0968. The van der Waals surface area contributed by atoms with Crippen molar-refractivity contribution in [2.75, 3.05) is 5.32 Å². The lowest BCUT2D eigenvalue weighted by atomic mass is 10.1. The number of hydrogen-bond donors (Lipinski definition) is 1. The maximum atomic E-state index is 13.0. The Bertz CT molecular complexity index is 1420. The molecule has 37 heavy (non-hydrogen) atoms. The summed E-state index contributed by atoms with van der Waals surface area (Å²) in [5, 5.41) is 11.8. The molecule has 0 bridgehead atoms. The number of carbonyl (C=O) groups excluding carboxylic acids is 1. The van der Waals surface area contributed by atoms with Crippen molar-refractivity contribution in [3.8, 4) is 11.8 Å². The lowest BCUT2D eigenvalue weighted by Crippen LogP contribution is -2.40. The van der Waals surface area contributed by atoms with Crippen molar-refractivity contribution in [1.29, 1.82) is 5.26 Å². The molecule has 3 rings (SSSR count). The highest BCUT2D eigenvalue weighted by Crippen LogP contribution is 2.31. The Labute approximate surface area is 213 Å². The number of hydrogen-bond acceptors (Lipinski definition) is 5. The van der Waals surface area contributed by atoms with Crippen molar-refractivity contribution >= 4 is 21.8 Å². The highest BCUT2D eigenvalue weighted by molar-refractivity contribution is 7.87. The molecule has 1 atom stereocenters.